The summed E-state index contributed by atoms with van der Waals surface area (Å²) in [5.74, 6) is -0.263. The maximum absolute atomic E-state index is 13.0. The smallest absolute Gasteiger partial charge is 0.266 e. The van der Waals surface area contributed by atoms with Crippen LogP contribution < -0.4 is 5.56 Å². The standard InChI is InChI=1S/C18H15FN2O2/c19-16-7-5-14(6-8-16)13-1-3-15(4-2-13)17-9-10-18(23)21(20-17)11-12-22/h1-10,22H,11-12H2. The predicted octanol–water partition coefficient (Wildman–Crippen LogP) is 2.71. The van der Waals surface area contributed by atoms with Crippen LogP contribution in [0.15, 0.2) is 65.5 Å². The Labute approximate surface area is 132 Å². The molecule has 1 N–H and O–H groups in total. The maximum Gasteiger partial charge on any atom is 0.266 e. The summed E-state index contributed by atoms with van der Waals surface area (Å²) in [5.41, 5.74) is 3.17. The van der Waals surface area contributed by atoms with E-state index in [1.165, 1.54) is 22.9 Å². The number of nitrogens with zero attached hydrogens (tertiary/aromatic N) is 2. The van der Waals surface area contributed by atoms with Crippen LogP contribution in [0.4, 0.5) is 4.39 Å². The Hall–Kier alpha value is -2.79. The summed E-state index contributed by atoms with van der Waals surface area (Å²) in [4.78, 5) is 11.6. The lowest BCUT2D eigenvalue weighted by Crippen LogP contribution is -2.23. The number of hydrogen-bond acceptors (Lipinski definition) is 3. The lowest BCUT2D eigenvalue weighted by atomic mass is 10.0. The molecular weight excluding hydrogens is 295 g/mol. The van der Waals surface area contributed by atoms with Gasteiger partial charge in [-0.15, -0.1) is 0 Å². The summed E-state index contributed by atoms with van der Waals surface area (Å²) in [6.45, 7) is 0.0280. The van der Waals surface area contributed by atoms with Crippen molar-refractivity contribution in [1.82, 2.24) is 9.78 Å². The maximum atomic E-state index is 13.0. The van der Waals surface area contributed by atoms with E-state index in [-0.39, 0.29) is 24.5 Å². The Bertz CT molecular complexity index is 855. The fourth-order valence-corrected chi connectivity index (χ4v) is 2.33. The van der Waals surface area contributed by atoms with Gasteiger partial charge in [-0.1, -0.05) is 36.4 Å². The second kappa shape index (κ2) is 6.54. The van der Waals surface area contributed by atoms with Crippen LogP contribution in [0.25, 0.3) is 22.4 Å². The van der Waals surface area contributed by atoms with E-state index < -0.39 is 0 Å². The average molecular weight is 310 g/mol. The van der Waals surface area contributed by atoms with E-state index in [9.17, 15) is 9.18 Å². The lowest BCUT2D eigenvalue weighted by Gasteiger charge is -2.07. The normalized spacial score (nSPS) is 10.7. The van der Waals surface area contributed by atoms with Crippen molar-refractivity contribution >= 4 is 0 Å². The molecule has 0 amide bonds. The van der Waals surface area contributed by atoms with E-state index in [4.69, 9.17) is 5.11 Å². The summed E-state index contributed by atoms with van der Waals surface area (Å²) in [5, 5.41) is 13.2. The van der Waals surface area contributed by atoms with Gasteiger partial charge in [-0.3, -0.25) is 4.79 Å². The molecule has 0 bridgehead atoms. The van der Waals surface area contributed by atoms with Gasteiger partial charge >= 0.3 is 0 Å². The SMILES string of the molecule is O=c1ccc(-c2ccc(-c3ccc(F)cc3)cc2)nn1CCO. The molecule has 4 nitrogen and oxygen atoms in total. The van der Waals surface area contributed by atoms with Gasteiger partial charge in [-0.05, 0) is 29.3 Å². The quantitative estimate of drug-likeness (QED) is 0.806. The molecule has 0 aliphatic rings. The third kappa shape index (κ3) is 3.35. The zero-order valence-corrected chi connectivity index (χ0v) is 12.3. The van der Waals surface area contributed by atoms with Gasteiger partial charge in [0.2, 0.25) is 0 Å². The van der Waals surface area contributed by atoms with Crippen molar-refractivity contribution in [2.75, 3.05) is 6.61 Å². The first-order chi connectivity index (χ1) is 11.2. The van der Waals surface area contributed by atoms with Crippen molar-refractivity contribution in [2.24, 2.45) is 0 Å². The van der Waals surface area contributed by atoms with Crippen LogP contribution in [0.1, 0.15) is 0 Å². The molecule has 0 saturated carbocycles. The third-order valence-corrected chi connectivity index (χ3v) is 3.54. The van der Waals surface area contributed by atoms with Crippen molar-refractivity contribution in [3.05, 3.63) is 76.8 Å². The van der Waals surface area contributed by atoms with Crippen LogP contribution in [0, 0.1) is 5.82 Å². The van der Waals surface area contributed by atoms with Crippen LogP contribution in [-0.2, 0) is 6.54 Å². The first kappa shape index (κ1) is 15.1. The summed E-state index contributed by atoms with van der Waals surface area (Å²) in [6, 6.07) is 17.0. The van der Waals surface area contributed by atoms with Crippen LogP contribution in [-0.4, -0.2) is 21.5 Å². The summed E-state index contributed by atoms with van der Waals surface area (Å²) >= 11 is 0. The number of aromatic nitrogens is 2. The van der Waals surface area contributed by atoms with Crippen LogP contribution in [0.5, 0.6) is 0 Å². The number of rotatable bonds is 4. The summed E-state index contributed by atoms with van der Waals surface area (Å²) < 4.78 is 14.2. The summed E-state index contributed by atoms with van der Waals surface area (Å²) in [7, 11) is 0. The van der Waals surface area contributed by atoms with Crippen molar-refractivity contribution in [2.45, 2.75) is 6.54 Å². The molecule has 1 aromatic heterocycles. The Morgan fingerprint density at radius 3 is 2.04 bits per heavy atom. The number of hydrogen-bond donors (Lipinski definition) is 1. The average Bonchev–Trinajstić information content (AvgIpc) is 2.58. The first-order valence-corrected chi connectivity index (χ1v) is 7.23. The number of halogens is 1. The zero-order valence-electron chi connectivity index (χ0n) is 12.3. The lowest BCUT2D eigenvalue weighted by molar-refractivity contribution is 0.266. The molecule has 0 aliphatic heterocycles. The monoisotopic (exact) mass is 310 g/mol. The third-order valence-electron chi connectivity index (χ3n) is 3.54. The molecule has 2 aromatic carbocycles. The van der Waals surface area contributed by atoms with E-state index in [1.807, 2.05) is 24.3 Å². The van der Waals surface area contributed by atoms with Gasteiger partial charge in [0.05, 0.1) is 18.8 Å². The molecule has 1 heterocycles. The van der Waals surface area contributed by atoms with Gasteiger partial charge in [-0.25, -0.2) is 9.07 Å². The van der Waals surface area contributed by atoms with Gasteiger partial charge in [-0.2, -0.15) is 5.10 Å². The Morgan fingerprint density at radius 1 is 0.870 bits per heavy atom. The molecule has 0 saturated heterocycles. The van der Waals surface area contributed by atoms with E-state index in [1.54, 1.807) is 18.2 Å². The highest BCUT2D eigenvalue weighted by molar-refractivity contribution is 5.68. The van der Waals surface area contributed by atoms with Crippen LogP contribution in [0.3, 0.4) is 0 Å². The molecular formula is C18H15FN2O2. The zero-order chi connectivity index (χ0) is 16.2. The minimum absolute atomic E-state index is 0.139. The molecule has 0 unspecified atom stereocenters. The van der Waals surface area contributed by atoms with E-state index in [0.717, 1.165) is 16.7 Å². The topological polar surface area (TPSA) is 55.1 Å². The molecule has 23 heavy (non-hydrogen) atoms. The van der Waals surface area contributed by atoms with Crippen LogP contribution in [0.2, 0.25) is 0 Å². The molecule has 3 rings (SSSR count). The highest BCUT2D eigenvalue weighted by Gasteiger charge is 2.04. The van der Waals surface area contributed by atoms with Gasteiger partial charge in [0, 0.05) is 11.6 Å². The predicted molar refractivity (Wildman–Crippen MR) is 86.4 cm³/mol. The number of aliphatic hydroxyl groups excluding tert-OH is 1. The fraction of sp³-hybridized carbons (Fsp3) is 0.111. The molecule has 116 valence electrons. The molecule has 0 fully saturated rings. The Kier molecular flexibility index (Phi) is 4.30. The van der Waals surface area contributed by atoms with Crippen molar-refractivity contribution in [3.63, 3.8) is 0 Å². The minimum Gasteiger partial charge on any atom is -0.394 e. The Balaban J connectivity index is 1.91. The van der Waals surface area contributed by atoms with Crippen molar-refractivity contribution < 1.29 is 9.50 Å². The molecule has 0 atom stereocenters. The second-order valence-electron chi connectivity index (χ2n) is 5.09. The minimum atomic E-state index is -0.263. The van der Waals surface area contributed by atoms with E-state index >= 15 is 0 Å². The first-order valence-electron chi connectivity index (χ1n) is 7.23. The highest BCUT2D eigenvalue weighted by Crippen LogP contribution is 2.23. The van der Waals surface area contributed by atoms with E-state index in [0.29, 0.717) is 5.69 Å². The molecule has 5 heteroatoms. The van der Waals surface area contributed by atoms with Gasteiger partial charge in [0.25, 0.3) is 5.56 Å². The highest BCUT2D eigenvalue weighted by atomic mass is 19.1. The summed E-state index contributed by atoms with van der Waals surface area (Å²) in [6.07, 6.45) is 0. The molecule has 0 radical (unpaired) electrons. The van der Waals surface area contributed by atoms with Crippen molar-refractivity contribution in [1.29, 1.82) is 0 Å². The fourth-order valence-electron chi connectivity index (χ4n) is 2.33. The number of aliphatic hydroxyl groups is 1. The van der Waals surface area contributed by atoms with Crippen molar-refractivity contribution in [3.8, 4) is 22.4 Å². The second-order valence-corrected chi connectivity index (χ2v) is 5.09. The van der Waals surface area contributed by atoms with Gasteiger partial charge in [0.15, 0.2) is 0 Å². The molecule has 0 spiro atoms. The molecule has 0 aliphatic carbocycles. The van der Waals surface area contributed by atoms with E-state index in [2.05, 4.69) is 5.10 Å². The Morgan fingerprint density at radius 2 is 1.43 bits per heavy atom. The van der Waals surface area contributed by atoms with Gasteiger partial charge in [0.1, 0.15) is 5.82 Å². The van der Waals surface area contributed by atoms with Gasteiger partial charge < -0.3 is 5.11 Å². The largest absolute Gasteiger partial charge is 0.394 e. The number of benzene rings is 2. The van der Waals surface area contributed by atoms with Crippen LogP contribution >= 0.6 is 0 Å². The molecule has 3 aromatic rings.